The van der Waals surface area contributed by atoms with Gasteiger partial charge in [0.05, 0.1) is 18.4 Å². The number of sulfone groups is 1. The molecule has 0 saturated heterocycles. The maximum atomic E-state index is 12.2. The summed E-state index contributed by atoms with van der Waals surface area (Å²) in [4.78, 5) is 4.33. The number of nitrogens with one attached hydrogen (secondary N) is 2. The molecule has 1 rings (SSSR count). The van der Waals surface area contributed by atoms with Crippen molar-refractivity contribution in [3.8, 4) is 0 Å². The average Bonchev–Trinajstić information content (AvgIpc) is 3.06. The van der Waals surface area contributed by atoms with Crippen LogP contribution >= 0.6 is 11.3 Å². The van der Waals surface area contributed by atoms with Gasteiger partial charge in [-0.05, 0) is 44.1 Å². The van der Waals surface area contributed by atoms with E-state index in [2.05, 4.69) is 36.4 Å². The van der Waals surface area contributed by atoms with Crippen LogP contribution in [-0.2, 0) is 9.84 Å². The number of thiophene rings is 1. The molecule has 0 aromatic carbocycles. The van der Waals surface area contributed by atoms with E-state index < -0.39 is 15.9 Å². The third kappa shape index (κ3) is 8.69. The van der Waals surface area contributed by atoms with E-state index in [9.17, 15) is 13.5 Å². The predicted octanol–water partition coefficient (Wildman–Crippen LogP) is 2.26. The van der Waals surface area contributed by atoms with E-state index >= 15 is 0 Å². The van der Waals surface area contributed by atoms with Gasteiger partial charge in [-0.25, -0.2) is 8.42 Å². The Morgan fingerprint density at radius 3 is 2.60 bits per heavy atom. The highest BCUT2D eigenvalue weighted by molar-refractivity contribution is 7.93. The van der Waals surface area contributed by atoms with Crippen molar-refractivity contribution >= 4 is 27.1 Å². The van der Waals surface area contributed by atoms with E-state index in [1.54, 1.807) is 17.5 Å². The van der Waals surface area contributed by atoms with Crippen LogP contribution in [0.25, 0.3) is 0 Å². The highest BCUT2D eigenvalue weighted by atomic mass is 32.2. The van der Waals surface area contributed by atoms with Crippen molar-refractivity contribution in [3.05, 3.63) is 17.5 Å². The molecule has 1 heterocycles. The topological polar surface area (TPSA) is 90.8 Å². The summed E-state index contributed by atoms with van der Waals surface area (Å²) in [5.41, 5.74) is 0. The number of guanidine groups is 1. The molecular weight excluding hydrogens is 358 g/mol. The minimum Gasteiger partial charge on any atom is -0.390 e. The quantitative estimate of drug-likeness (QED) is 0.422. The first kappa shape index (κ1) is 21.9. The second kappa shape index (κ2) is 10.8. The zero-order chi connectivity index (χ0) is 18.9. The van der Waals surface area contributed by atoms with E-state index in [0.717, 1.165) is 24.2 Å². The third-order valence-electron chi connectivity index (χ3n) is 3.58. The third-order valence-corrected chi connectivity index (χ3v) is 6.86. The molecule has 1 aromatic rings. The van der Waals surface area contributed by atoms with Crippen LogP contribution in [0.2, 0.25) is 0 Å². The van der Waals surface area contributed by atoms with Crippen LogP contribution < -0.4 is 10.6 Å². The Hall–Kier alpha value is -1.12. The summed E-state index contributed by atoms with van der Waals surface area (Å²) in [7, 11) is -3.46. The molecular formula is C17H31N3O3S2. The molecule has 3 N–H and O–H groups in total. The van der Waals surface area contributed by atoms with Crippen molar-refractivity contribution in [2.75, 3.05) is 18.8 Å². The molecule has 6 nitrogen and oxygen atoms in total. The van der Waals surface area contributed by atoms with Gasteiger partial charge in [-0.3, -0.25) is 4.99 Å². The Balaban J connectivity index is 2.58. The lowest BCUT2D eigenvalue weighted by atomic mass is 10.0. The minimum absolute atomic E-state index is 0.0385. The van der Waals surface area contributed by atoms with Crippen molar-refractivity contribution < 1.29 is 13.5 Å². The molecule has 2 unspecified atom stereocenters. The van der Waals surface area contributed by atoms with Crippen LogP contribution in [0.1, 0.15) is 40.5 Å². The first-order valence-electron chi connectivity index (χ1n) is 8.73. The van der Waals surface area contributed by atoms with Gasteiger partial charge in [0.2, 0.25) is 0 Å². The number of nitrogens with zero attached hydrogens (tertiary/aromatic N) is 1. The van der Waals surface area contributed by atoms with Gasteiger partial charge in [0, 0.05) is 12.6 Å². The second-order valence-electron chi connectivity index (χ2n) is 6.60. The fourth-order valence-corrected chi connectivity index (χ4v) is 4.70. The fourth-order valence-electron chi connectivity index (χ4n) is 2.23. The Morgan fingerprint density at radius 1 is 1.32 bits per heavy atom. The number of rotatable bonds is 10. The van der Waals surface area contributed by atoms with E-state index in [-0.39, 0.29) is 22.5 Å². The Bertz CT molecular complexity index is 613. The van der Waals surface area contributed by atoms with Crippen molar-refractivity contribution in [1.29, 1.82) is 0 Å². The van der Waals surface area contributed by atoms with Crippen molar-refractivity contribution in [2.24, 2.45) is 10.9 Å². The number of aliphatic imine (C=N–C) groups is 1. The fraction of sp³-hybridized carbons (Fsp3) is 0.706. The first-order chi connectivity index (χ1) is 11.7. The van der Waals surface area contributed by atoms with Crippen LogP contribution in [-0.4, -0.2) is 50.5 Å². The van der Waals surface area contributed by atoms with E-state index in [1.807, 2.05) is 6.92 Å². The summed E-state index contributed by atoms with van der Waals surface area (Å²) in [5.74, 6) is 0.929. The summed E-state index contributed by atoms with van der Waals surface area (Å²) in [6, 6.07) is 3.50. The average molecular weight is 390 g/mol. The van der Waals surface area contributed by atoms with Crippen molar-refractivity contribution in [2.45, 2.75) is 56.9 Å². The molecule has 0 aliphatic carbocycles. The molecule has 0 radical (unpaired) electrons. The highest BCUT2D eigenvalue weighted by Gasteiger charge is 2.20. The van der Waals surface area contributed by atoms with Gasteiger partial charge in [0.25, 0.3) is 0 Å². The van der Waals surface area contributed by atoms with Crippen molar-refractivity contribution in [1.82, 2.24) is 10.6 Å². The van der Waals surface area contributed by atoms with Crippen LogP contribution in [0, 0.1) is 5.92 Å². The van der Waals surface area contributed by atoms with Gasteiger partial charge >= 0.3 is 0 Å². The Morgan fingerprint density at radius 2 is 2.04 bits per heavy atom. The zero-order valence-electron chi connectivity index (χ0n) is 15.5. The van der Waals surface area contributed by atoms with Gasteiger partial charge < -0.3 is 15.7 Å². The number of hydrogen-bond acceptors (Lipinski definition) is 5. The minimum atomic E-state index is -3.46. The Labute approximate surface area is 155 Å². The van der Waals surface area contributed by atoms with Crippen LogP contribution in [0.3, 0.4) is 0 Å². The predicted molar refractivity (Wildman–Crippen MR) is 105 cm³/mol. The molecule has 0 aliphatic rings. The molecule has 25 heavy (non-hydrogen) atoms. The summed E-state index contributed by atoms with van der Waals surface area (Å²) < 4.78 is 24.6. The Kier molecular flexibility index (Phi) is 9.45. The maximum absolute atomic E-state index is 12.2. The van der Waals surface area contributed by atoms with Gasteiger partial charge in [0.15, 0.2) is 15.8 Å². The second-order valence-corrected chi connectivity index (χ2v) is 9.81. The smallest absolute Gasteiger partial charge is 0.191 e. The molecule has 0 spiro atoms. The first-order valence-corrected chi connectivity index (χ1v) is 11.3. The van der Waals surface area contributed by atoms with Crippen molar-refractivity contribution in [3.63, 3.8) is 0 Å². The van der Waals surface area contributed by atoms with Crippen LogP contribution in [0.15, 0.2) is 26.7 Å². The highest BCUT2D eigenvalue weighted by Crippen LogP contribution is 2.18. The van der Waals surface area contributed by atoms with E-state index in [1.165, 1.54) is 0 Å². The monoisotopic (exact) mass is 389 g/mol. The summed E-state index contributed by atoms with van der Waals surface area (Å²) in [6.45, 7) is 9.18. The van der Waals surface area contributed by atoms with Gasteiger partial charge in [-0.1, -0.05) is 19.9 Å². The molecule has 2 atom stereocenters. The molecule has 1 aromatic heterocycles. The normalized spacial score (nSPS) is 15.2. The summed E-state index contributed by atoms with van der Waals surface area (Å²) in [5, 5.41) is 18.2. The summed E-state index contributed by atoms with van der Waals surface area (Å²) >= 11 is 1.16. The molecule has 144 valence electrons. The lowest BCUT2D eigenvalue weighted by molar-refractivity contribution is 0.206. The van der Waals surface area contributed by atoms with E-state index in [4.69, 9.17) is 0 Å². The molecule has 0 fully saturated rings. The molecule has 0 bridgehead atoms. The molecule has 0 aliphatic heterocycles. The standard InChI is InChI=1S/C17H31N3O3S2/c1-5-18-17(20-14(4)9-8-13(2)3)19-11-15(21)12-25(22,23)16-7-6-10-24-16/h6-7,10,13-15,21H,5,8-9,11-12H2,1-4H3,(H2,18,19,20). The number of aliphatic hydroxyl groups excluding tert-OH is 1. The van der Waals surface area contributed by atoms with Gasteiger partial charge in [-0.2, -0.15) is 0 Å². The lowest BCUT2D eigenvalue weighted by Gasteiger charge is -2.19. The van der Waals surface area contributed by atoms with Crippen LogP contribution in [0.5, 0.6) is 0 Å². The zero-order valence-corrected chi connectivity index (χ0v) is 17.2. The lowest BCUT2D eigenvalue weighted by Crippen LogP contribution is -2.43. The summed E-state index contributed by atoms with van der Waals surface area (Å²) in [6.07, 6.45) is 1.11. The molecule has 0 amide bonds. The number of hydrogen-bond donors (Lipinski definition) is 3. The number of aliphatic hydroxyl groups is 1. The SMILES string of the molecule is CCNC(=NCC(O)CS(=O)(=O)c1cccs1)NC(C)CCC(C)C. The molecule has 0 saturated carbocycles. The van der Waals surface area contributed by atoms with Crippen LogP contribution in [0.4, 0.5) is 0 Å². The van der Waals surface area contributed by atoms with E-state index in [0.29, 0.717) is 18.4 Å². The molecule has 8 heteroatoms. The van der Waals surface area contributed by atoms with Gasteiger partial charge in [0.1, 0.15) is 4.21 Å². The maximum Gasteiger partial charge on any atom is 0.191 e. The van der Waals surface area contributed by atoms with Gasteiger partial charge in [-0.15, -0.1) is 11.3 Å². The largest absolute Gasteiger partial charge is 0.390 e.